The molecular weight excluding hydrogens is 260 g/mol. The molecule has 0 N–H and O–H groups in total. The summed E-state index contributed by atoms with van der Waals surface area (Å²) in [5.74, 6) is 0. The molecule has 0 saturated carbocycles. The monoisotopic (exact) mass is 272 g/mol. The first-order valence-corrected chi connectivity index (χ1v) is 8.34. The predicted octanol–water partition coefficient (Wildman–Crippen LogP) is 4.29. The summed E-state index contributed by atoms with van der Waals surface area (Å²) in [4.78, 5) is -3.50. The SMILES string of the molecule is CP(C)C(P(C)C)(C(F)(F)F)C(F)(F)F. The summed E-state index contributed by atoms with van der Waals surface area (Å²) in [5, 5.41) is 0. The van der Waals surface area contributed by atoms with Gasteiger partial charge in [-0.3, -0.25) is 0 Å². The maximum absolute atomic E-state index is 12.7. The van der Waals surface area contributed by atoms with Gasteiger partial charge in [0.25, 0.3) is 0 Å². The van der Waals surface area contributed by atoms with Gasteiger partial charge in [-0.15, -0.1) is 0 Å². The van der Waals surface area contributed by atoms with E-state index in [2.05, 4.69) is 0 Å². The lowest BCUT2D eigenvalue weighted by Gasteiger charge is -2.43. The van der Waals surface area contributed by atoms with Crippen molar-refractivity contribution in [2.75, 3.05) is 26.7 Å². The number of halogens is 6. The van der Waals surface area contributed by atoms with Gasteiger partial charge in [0.1, 0.15) is 0 Å². The molecule has 0 fully saturated rings. The third kappa shape index (κ3) is 2.41. The fraction of sp³-hybridized carbons (Fsp3) is 1.00. The van der Waals surface area contributed by atoms with Gasteiger partial charge < -0.3 is 0 Å². The average molecular weight is 272 g/mol. The van der Waals surface area contributed by atoms with E-state index in [1.807, 2.05) is 0 Å². The third-order valence-corrected chi connectivity index (χ3v) is 8.09. The molecule has 0 unspecified atom stereocenters. The van der Waals surface area contributed by atoms with Gasteiger partial charge in [-0.2, -0.15) is 26.3 Å². The van der Waals surface area contributed by atoms with Gasteiger partial charge in [0.05, 0.1) is 0 Å². The van der Waals surface area contributed by atoms with E-state index in [-0.39, 0.29) is 0 Å². The Hall–Kier alpha value is 0.440. The summed E-state index contributed by atoms with van der Waals surface area (Å²) in [5.41, 5.74) is 0. The molecule has 0 rings (SSSR count). The van der Waals surface area contributed by atoms with E-state index in [1.54, 1.807) is 0 Å². The van der Waals surface area contributed by atoms with Crippen molar-refractivity contribution in [1.29, 1.82) is 0 Å². The molecule has 0 amide bonds. The quantitative estimate of drug-likeness (QED) is 0.519. The van der Waals surface area contributed by atoms with Crippen LogP contribution in [0.5, 0.6) is 0 Å². The molecule has 0 atom stereocenters. The van der Waals surface area contributed by atoms with Crippen molar-refractivity contribution < 1.29 is 26.3 Å². The molecule has 0 heterocycles. The highest BCUT2D eigenvalue weighted by molar-refractivity contribution is 7.76. The molecule has 15 heavy (non-hydrogen) atoms. The van der Waals surface area contributed by atoms with Crippen molar-refractivity contribution in [3.05, 3.63) is 0 Å². The molecule has 0 aromatic heterocycles. The fourth-order valence-electron chi connectivity index (χ4n) is 1.57. The summed E-state index contributed by atoms with van der Waals surface area (Å²) in [6, 6.07) is 0. The molecule has 0 aliphatic heterocycles. The first kappa shape index (κ1) is 15.4. The third-order valence-electron chi connectivity index (χ3n) is 2.08. The zero-order valence-electron chi connectivity index (χ0n) is 8.66. The van der Waals surface area contributed by atoms with Crippen molar-refractivity contribution in [3.63, 3.8) is 0 Å². The van der Waals surface area contributed by atoms with Gasteiger partial charge in [-0.25, -0.2) is 0 Å². The number of hydrogen-bond donors (Lipinski definition) is 0. The van der Waals surface area contributed by atoms with Crippen LogP contribution < -0.4 is 0 Å². The summed E-state index contributed by atoms with van der Waals surface area (Å²) in [6.45, 7) is 4.11. The minimum absolute atomic E-state index is 1.03. The van der Waals surface area contributed by atoms with Crippen LogP contribution in [-0.4, -0.2) is 43.9 Å². The van der Waals surface area contributed by atoms with Crippen LogP contribution in [0.3, 0.4) is 0 Å². The fourth-order valence-corrected chi connectivity index (χ4v) is 6.80. The Balaban J connectivity index is 5.73. The van der Waals surface area contributed by atoms with Crippen LogP contribution in [0.2, 0.25) is 0 Å². The number of rotatable bonds is 2. The van der Waals surface area contributed by atoms with Crippen LogP contribution in [0.15, 0.2) is 0 Å². The smallest absolute Gasteiger partial charge is 0.169 e. The Kier molecular flexibility index (Phi) is 4.49. The lowest BCUT2D eigenvalue weighted by molar-refractivity contribution is -0.239. The Labute approximate surface area is 86.9 Å². The molecule has 0 saturated heterocycles. The maximum atomic E-state index is 12.7. The first-order chi connectivity index (χ1) is 6.39. The zero-order chi connectivity index (χ0) is 12.7. The lowest BCUT2D eigenvalue weighted by Crippen LogP contribution is -2.53. The highest BCUT2D eigenvalue weighted by atomic mass is 31.2. The van der Waals surface area contributed by atoms with Gasteiger partial charge in [0.15, 0.2) is 4.90 Å². The normalized spacial score (nSPS) is 15.2. The molecule has 0 aliphatic rings. The minimum atomic E-state index is -5.23. The van der Waals surface area contributed by atoms with Gasteiger partial charge >= 0.3 is 12.4 Å². The van der Waals surface area contributed by atoms with Crippen LogP contribution in [0.4, 0.5) is 26.3 Å². The van der Waals surface area contributed by atoms with E-state index < -0.39 is 33.1 Å². The Morgan fingerprint density at radius 2 is 0.800 bits per heavy atom. The van der Waals surface area contributed by atoms with Crippen LogP contribution >= 0.6 is 15.8 Å². The maximum Gasteiger partial charge on any atom is 0.410 e. The van der Waals surface area contributed by atoms with E-state index in [0.717, 1.165) is 26.7 Å². The van der Waals surface area contributed by atoms with E-state index in [1.165, 1.54) is 0 Å². The molecular formula is C7H12F6P2. The average Bonchev–Trinajstić information content (AvgIpc) is 1.75. The summed E-state index contributed by atoms with van der Waals surface area (Å²) in [6.07, 6.45) is -10.5. The Bertz CT molecular complexity index is 193. The topological polar surface area (TPSA) is 0 Å². The van der Waals surface area contributed by atoms with E-state index >= 15 is 0 Å². The standard InChI is InChI=1S/C7H12F6P2/c1-14(2)5(15(3)4,6(8,9)10)7(11,12)13/h1-4H3. The highest BCUT2D eigenvalue weighted by Gasteiger charge is 2.73. The first-order valence-electron chi connectivity index (χ1n) is 3.87. The van der Waals surface area contributed by atoms with E-state index in [4.69, 9.17) is 0 Å². The van der Waals surface area contributed by atoms with Gasteiger partial charge in [-0.05, 0) is 26.7 Å². The molecule has 0 aromatic carbocycles. The van der Waals surface area contributed by atoms with Crippen molar-refractivity contribution >= 4 is 15.8 Å². The van der Waals surface area contributed by atoms with Gasteiger partial charge in [-0.1, -0.05) is 15.8 Å². The molecule has 0 aromatic rings. The van der Waals surface area contributed by atoms with Crippen molar-refractivity contribution in [3.8, 4) is 0 Å². The van der Waals surface area contributed by atoms with Gasteiger partial charge in [0.2, 0.25) is 0 Å². The summed E-state index contributed by atoms with van der Waals surface area (Å²) < 4.78 is 76.1. The lowest BCUT2D eigenvalue weighted by atomic mass is 10.4. The molecule has 0 bridgehead atoms. The predicted molar refractivity (Wildman–Crippen MR) is 52.4 cm³/mol. The van der Waals surface area contributed by atoms with Gasteiger partial charge in [0, 0.05) is 0 Å². The summed E-state index contributed by atoms with van der Waals surface area (Å²) >= 11 is 0. The number of hydrogen-bond acceptors (Lipinski definition) is 0. The second-order valence-electron chi connectivity index (χ2n) is 3.46. The molecule has 8 heteroatoms. The van der Waals surface area contributed by atoms with Crippen molar-refractivity contribution in [1.82, 2.24) is 0 Å². The second kappa shape index (κ2) is 4.37. The molecule has 0 radical (unpaired) electrons. The van der Waals surface area contributed by atoms with Crippen LogP contribution in [0, 0.1) is 0 Å². The van der Waals surface area contributed by atoms with E-state index in [0.29, 0.717) is 0 Å². The molecule has 0 nitrogen and oxygen atoms in total. The Morgan fingerprint density at radius 3 is 0.800 bits per heavy atom. The van der Waals surface area contributed by atoms with Crippen LogP contribution in [0.1, 0.15) is 0 Å². The molecule has 0 spiro atoms. The van der Waals surface area contributed by atoms with Crippen LogP contribution in [0.25, 0.3) is 0 Å². The van der Waals surface area contributed by atoms with Crippen LogP contribution in [-0.2, 0) is 0 Å². The minimum Gasteiger partial charge on any atom is -0.169 e. The van der Waals surface area contributed by atoms with Crippen molar-refractivity contribution in [2.45, 2.75) is 17.2 Å². The van der Waals surface area contributed by atoms with E-state index in [9.17, 15) is 26.3 Å². The molecule has 0 aliphatic carbocycles. The Morgan fingerprint density at radius 1 is 0.600 bits per heavy atom. The number of alkyl halides is 6. The highest BCUT2D eigenvalue weighted by Crippen LogP contribution is 2.73. The zero-order valence-corrected chi connectivity index (χ0v) is 10.5. The second-order valence-corrected chi connectivity index (χ2v) is 8.73. The van der Waals surface area contributed by atoms with Crippen molar-refractivity contribution in [2.24, 2.45) is 0 Å². The largest absolute Gasteiger partial charge is 0.410 e. The summed E-state index contributed by atoms with van der Waals surface area (Å²) in [7, 11) is -4.37. The molecule has 92 valence electrons.